The van der Waals surface area contributed by atoms with Gasteiger partial charge in [-0.2, -0.15) is 0 Å². The lowest BCUT2D eigenvalue weighted by Crippen LogP contribution is -1.82. The molecule has 0 saturated heterocycles. The maximum Gasteiger partial charge on any atom is 0.327 e. The summed E-state index contributed by atoms with van der Waals surface area (Å²) < 4.78 is 0. The molecular weight excluding hydrogens is 184 g/mol. The van der Waals surface area contributed by atoms with Crippen LogP contribution in [0, 0.1) is 0 Å². The average Bonchev–Trinajstić information content (AvgIpc) is 2.19. The van der Waals surface area contributed by atoms with Gasteiger partial charge in [-0.1, -0.05) is 24.8 Å². The van der Waals surface area contributed by atoms with Crippen LogP contribution in [-0.4, -0.2) is 21.3 Å². The Labute approximate surface area is 81.8 Å². The monoisotopic (exact) mass is 196 g/mol. The van der Waals surface area contributed by atoms with Gasteiger partial charge in [-0.25, -0.2) is 4.79 Å². The van der Waals surface area contributed by atoms with Gasteiger partial charge in [0.1, 0.15) is 5.75 Å². The minimum atomic E-state index is -0.981. The van der Waals surface area contributed by atoms with E-state index in [9.17, 15) is 4.79 Å². The molecule has 0 aliphatic carbocycles. The largest absolute Gasteiger partial charge is 0.508 e. The molecule has 3 N–H and O–H groups in total. The third kappa shape index (κ3) is 4.95. The van der Waals surface area contributed by atoms with Crippen molar-refractivity contribution in [3.8, 4) is 5.75 Å². The van der Waals surface area contributed by atoms with Crippen molar-refractivity contribution in [3.63, 3.8) is 0 Å². The van der Waals surface area contributed by atoms with Gasteiger partial charge in [0.15, 0.2) is 0 Å². The Bertz CT molecular complexity index is 307. The zero-order valence-electron chi connectivity index (χ0n) is 7.55. The van der Waals surface area contributed by atoms with Crippen LogP contribution >= 0.6 is 0 Å². The number of aliphatic hydroxyl groups is 1. The molecule has 0 radical (unpaired) electrons. The van der Waals surface area contributed by atoms with E-state index in [-0.39, 0.29) is 12.4 Å². The van der Waals surface area contributed by atoms with E-state index in [2.05, 4.69) is 6.58 Å². The molecule has 0 amide bonds. The van der Waals surface area contributed by atoms with Gasteiger partial charge >= 0.3 is 5.97 Å². The Morgan fingerprint density at radius 1 is 1.43 bits per heavy atom. The molecule has 0 aromatic heterocycles. The topological polar surface area (TPSA) is 77.8 Å². The molecule has 1 rings (SSSR count). The van der Waals surface area contributed by atoms with Crippen molar-refractivity contribution in [2.45, 2.75) is 6.61 Å². The number of hydrogen-bond donors (Lipinski definition) is 3. The number of aliphatic hydroxyl groups excluding tert-OH is 1. The number of phenols is 1. The smallest absolute Gasteiger partial charge is 0.327 e. The number of rotatable bonds is 2. The van der Waals surface area contributed by atoms with Crippen molar-refractivity contribution < 1.29 is 20.1 Å². The van der Waals surface area contributed by atoms with E-state index >= 15 is 0 Å². The first-order valence-corrected chi connectivity index (χ1v) is 3.85. The van der Waals surface area contributed by atoms with Crippen molar-refractivity contribution in [1.82, 2.24) is 0 Å². The molecule has 1 aromatic rings. The van der Waals surface area contributed by atoms with Crippen molar-refractivity contribution in [2.24, 2.45) is 0 Å². The van der Waals surface area contributed by atoms with Gasteiger partial charge in [0, 0.05) is 11.6 Å². The summed E-state index contributed by atoms with van der Waals surface area (Å²) in [6.07, 6.45) is 0.833. The van der Waals surface area contributed by atoms with Crippen LogP contribution in [0.2, 0.25) is 0 Å². The molecule has 0 bridgehead atoms. The molecule has 14 heavy (non-hydrogen) atoms. The van der Waals surface area contributed by atoms with E-state index in [1.807, 2.05) is 0 Å². The summed E-state index contributed by atoms with van der Waals surface area (Å²) in [6, 6.07) is 6.71. The number of benzene rings is 1. The zero-order valence-corrected chi connectivity index (χ0v) is 7.55. The summed E-state index contributed by atoms with van der Waals surface area (Å²) in [5.74, 6) is -0.829. The number of carboxylic acids is 1. The Kier molecular flexibility index (Phi) is 5.82. The Morgan fingerprint density at radius 2 is 1.93 bits per heavy atom. The van der Waals surface area contributed by atoms with E-state index in [0.717, 1.165) is 6.08 Å². The van der Waals surface area contributed by atoms with Gasteiger partial charge in [-0.05, 0) is 6.07 Å². The summed E-state index contributed by atoms with van der Waals surface area (Å²) in [4.78, 5) is 9.25. The SMILES string of the molecule is C=CC(=O)O.OCc1ccccc1O. The molecule has 76 valence electrons. The first-order valence-electron chi connectivity index (χ1n) is 3.85. The summed E-state index contributed by atoms with van der Waals surface area (Å²) >= 11 is 0. The molecule has 0 atom stereocenters. The Morgan fingerprint density at radius 3 is 2.21 bits per heavy atom. The van der Waals surface area contributed by atoms with Crippen molar-refractivity contribution in [3.05, 3.63) is 42.5 Å². The van der Waals surface area contributed by atoms with Gasteiger partial charge in [-0.15, -0.1) is 0 Å². The van der Waals surface area contributed by atoms with E-state index in [4.69, 9.17) is 15.3 Å². The zero-order chi connectivity index (χ0) is 11.0. The van der Waals surface area contributed by atoms with Crippen LogP contribution in [0.1, 0.15) is 5.56 Å². The molecule has 0 fully saturated rings. The van der Waals surface area contributed by atoms with Gasteiger partial charge in [0.25, 0.3) is 0 Å². The fourth-order valence-corrected chi connectivity index (χ4v) is 0.645. The van der Waals surface area contributed by atoms with Crippen LogP contribution in [0.15, 0.2) is 36.9 Å². The third-order valence-electron chi connectivity index (χ3n) is 1.34. The van der Waals surface area contributed by atoms with Gasteiger partial charge < -0.3 is 15.3 Å². The lowest BCUT2D eigenvalue weighted by Gasteiger charge is -1.96. The summed E-state index contributed by atoms with van der Waals surface area (Å²) in [7, 11) is 0. The molecule has 0 unspecified atom stereocenters. The molecule has 1 aromatic carbocycles. The lowest BCUT2D eigenvalue weighted by molar-refractivity contribution is -0.131. The van der Waals surface area contributed by atoms with E-state index in [1.165, 1.54) is 0 Å². The third-order valence-corrected chi connectivity index (χ3v) is 1.34. The molecule has 0 aliphatic heterocycles. The standard InChI is InChI=1S/C7H8O2.C3H4O2/c8-5-6-3-1-2-4-7(6)9;1-2-3(4)5/h1-4,8-9H,5H2;2H,1H2,(H,4,5). The Hall–Kier alpha value is -1.81. The molecule has 0 saturated carbocycles. The number of para-hydroxylation sites is 1. The quantitative estimate of drug-likeness (QED) is 0.620. The van der Waals surface area contributed by atoms with Crippen LogP contribution in [-0.2, 0) is 11.4 Å². The summed E-state index contributed by atoms with van der Waals surface area (Å²) in [5.41, 5.74) is 0.567. The first-order chi connectivity index (χ1) is 6.61. The van der Waals surface area contributed by atoms with E-state index < -0.39 is 5.97 Å². The maximum atomic E-state index is 9.25. The molecule has 0 spiro atoms. The van der Waals surface area contributed by atoms with Crippen LogP contribution in [0.3, 0.4) is 0 Å². The number of aliphatic carboxylic acids is 1. The predicted molar refractivity (Wildman–Crippen MR) is 51.9 cm³/mol. The van der Waals surface area contributed by atoms with Gasteiger partial charge in [0.2, 0.25) is 0 Å². The number of carbonyl (C=O) groups is 1. The van der Waals surface area contributed by atoms with E-state index in [1.54, 1.807) is 24.3 Å². The normalized spacial score (nSPS) is 8.36. The van der Waals surface area contributed by atoms with Crippen LogP contribution in [0.4, 0.5) is 0 Å². The second-order valence-electron chi connectivity index (χ2n) is 2.33. The first kappa shape index (κ1) is 12.2. The van der Waals surface area contributed by atoms with Gasteiger partial charge in [0.05, 0.1) is 6.61 Å². The highest BCUT2D eigenvalue weighted by Crippen LogP contribution is 2.14. The van der Waals surface area contributed by atoms with Gasteiger partial charge in [-0.3, -0.25) is 0 Å². The van der Waals surface area contributed by atoms with Crippen LogP contribution in [0.5, 0.6) is 5.75 Å². The predicted octanol–water partition coefficient (Wildman–Crippen LogP) is 1.14. The highest BCUT2D eigenvalue weighted by Gasteiger charge is 1.93. The van der Waals surface area contributed by atoms with Crippen molar-refractivity contribution in [1.29, 1.82) is 0 Å². The highest BCUT2D eigenvalue weighted by atomic mass is 16.4. The van der Waals surface area contributed by atoms with Crippen molar-refractivity contribution >= 4 is 5.97 Å². The van der Waals surface area contributed by atoms with Crippen molar-refractivity contribution in [2.75, 3.05) is 0 Å². The minimum Gasteiger partial charge on any atom is -0.508 e. The summed E-state index contributed by atoms with van der Waals surface area (Å²) in [5, 5.41) is 25.1. The van der Waals surface area contributed by atoms with Crippen LogP contribution < -0.4 is 0 Å². The average molecular weight is 196 g/mol. The molecular formula is C10H12O4. The fourth-order valence-electron chi connectivity index (χ4n) is 0.645. The number of hydrogen-bond acceptors (Lipinski definition) is 3. The van der Waals surface area contributed by atoms with E-state index in [0.29, 0.717) is 5.56 Å². The second-order valence-corrected chi connectivity index (χ2v) is 2.33. The summed E-state index contributed by atoms with van der Waals surface area (Å²) in [6.45, 7) is 2.86. The lowest BCUT2D eigenvalue weighted by atomic mass is 10.2. The number of aromatic hydroxyl groups is 1. The molecule has 0 heterocycles. The molecule has 4 nitrogen and oxygen atoms in total. The highest BCUT2D eigenvalue weighted by molar-refractivity contribution is 5.78. The second kappa shape index (κ2) is 6.68. The molecule has 0 aliphatic rings. The Balaban J connectivity index is 0.000000292. The maximum absolute atomic E-state index is 9.25. The van der Waals surface area contributed by atoms with Crippen LogP contribution in [0.25, 0.3) is 0 Å². The minimum absolute atomic E-state index is 0.104. The number of carboxylic acid groups (broad SMARTS) is 1. The fraction of sp³-hybridized carbons (Fsp3) is 0.100. The molecule has 4 heteroatoms.